The molecule has 1 aliphatic carbocycles. The van der Waals surface area contributed by atoms with Crippen LogP contribution in [0.2, 0.25) is 0 Å². The van der Waals surface area contributed by atoms with Crippen LogP contribution in [0.3, 0.4) is 0 Å². The van der Waals surface area contributed by atoms with Crippen molar-refractivity contribution in [1.29, 1.82) is 0 Å². The summed E-state index contributed by atoms with van der Waals surface area (Å²) in [5.41, 5.74) is 3.75. The Morgan fingerprint density at radius 1 is 1.55 bits per heavy atom. The second-order valence-electron chi connectivity index (χ2n) is 5.20. The Balaban J connectivity index is 1.94. The van der Waals surface area contributed by atoms with Crippen molar-refractivity contribution in [2.45, 2.75) is 39.0 Å². The fourth-order valence-electron chi connectivity index (χ4n) is 2.33. The van der Waals surface area contributed by atoms with Gasteiger partial charge in [0.2, 0.25) is 5.91 Å². The average molecular weight is 294 g/mol. The van der Waals surface area contributed by atoms with E-state index in [1.54, 1.807) is 0 Å². The van der Waals surface area contributed by atoms with Gasteiger partial charge in [-0.2, -0.15) is 5.10 Å². The van der Waals surface area contributed by atoms with E-state index in [1.807, 2.05) is 0 Å². The van der Waals surface area contributed by atoms with Gasteiger partial charge in [0.15, 0.2) is 4.77 Å². The minimum absolute atomic E-state index is 0.0554. The molecule has 1 aromatic heterocycles. The Morgan fingerprint density at radius 3 is 3.05 bits per heavy atom. The van der Waals surface area contributed by atoms with Gasteiger partial charge in [0.05, 0.1) is 6.42 Å². The highest BCUT2D eigenvalue weighted by atomic mass is 32.1. The van der Waals surface area contributed by atoms with Crippen LogP contribution in [0.25, 0.3) is 0 Å². The topological polar surface area (TPSA) is 90.1 Å². The van der Waals surface area contributed by atoms with Gasteiger partial charge < -0.3 is 4.98 Å². The van der Waals surface area contributed by atoms with Gasteiger partial charge in [-0.25, -0.2) is 5.43 Å². The fraction of sp³-hybridized carbons (Fsp3) is 0.538. The van der Waals surface area contributed by atoms with Gasteiger partial charge in [0.25, 0.3) is 5.56 Å². The summed E-state index contributed by atoms with van der Waals surface area (Å²) >= 11 is 4.85. The van der Waals surface area contributed by atoms with Gasteiger partial charge in [-0.1, -0.05) is 6.92 Å². The highest BCUT2D eigenvalue weighted by Crippen LogP contribution is 2.20. The summed E-state index contributed by atoms with van der Waals surface area (Å²) in [6, 6.07) is 1.32. The van der Waals surface area contributed by atoms with Crippen molar-refractivity contribution in [1.82, 2.24) is 15.4 Å². The number of rotatable bonds is 3. The smallest absolute Gasteiger partial charge is 0.251 e. The number of carbonyl (C=O) groups excluding carboxylic acids is 1. The number of nitrogens with one attached hydrogen (secondary N) is 3. The summed E-state index contributed by atoms with van der Waals surface area (Å²) in [4.78, 5) is 28.2. The van der Waals surface area contributed by atoms with Crippen LogP contribution in [0, 0.1) is 10.7 Å². The molecule has 6 nitrogen and oxygen atoms in total. The van der Waals surface area contributed by atoms with E-state index >= 15 is 0 Å². The van der Waals surface area contributed by atoms with E-state index in [9.17, 15) is 9.59 Å². The molecule has 1 aliphatic rings. The number of nitrogens with zero attached hydrogens (tertiary/aromatic N) is 1. The molecule has 1 heterocycles. The summed E-state index contributed by atoms with van der Waals surface area (Å²) in [6.45, 7) is 2.19. The minimum Gasteiger partial charge on any atom is -0.335 e. The molecule has 0 unspecified atom stereocenters. The third-order valence-corrected chi connectivity index (χ3v) is 3.46. The second-order valence-corrected chi connectivity index (χ2v) is 5.61. The highest BCUT2D eigenvalue weighted by Gasteiger charge is 2.14. The number of hydrazone groups is 1. The number of aromatic nitrogens is 2. The number of hydrogen-bond donors (Lipinski definition) is 3. The normalized spacial score (nSPS) is 20.9. The largest absolute Gasteiger partial charge is 0.335 e. The Labute approximate surface area is 121 Å². The van der Waals surface area contributed by atoms with E-state index in [-0.39, 0.29) is 22.7 Å². The minimum atomic E-state index is -0.316. The fourth-order valence-corrected chi connectivity index (χ4v) is 2.56. The summed E-state index contributed by atoms with van der Waals surface area (Å²) in [5.74, 6) is 0.371. The molecule has 2 rings (SSSR count). The molecule has 0 aliphatic heterocycles. The first kappa shape index (κ1) is 14.6. The molecular weight excluding hydrogens is 276 g/mol. The van der Waals surface area contributed by atoms with Crippen molar-refractivity contribution in [3.8, 4) is 0 Å². The molecule has 1 amide bonds. The number of H-pyrrole nitrogens is 2. The molecule has 1 fully saturated rings. The zero-order valence-corrected chi connectivity index (χ0v) is 12.2. The molecule has 1 aromatic rings. The van der Waals surface area contributed by atoms with Gasteiger partial charge in [-0.15, -0.1) is 0 Å². The first-order chi connectivity index (χ1) is 9.52. The van der Waals surface area contributed by atoms with Crippen LogP contribution in [0.4, 0.5) is 0 Å². The Morgan fingerprint density at radius 2 is 2.35 bits per heavy atom. The molecule has 108 valence electrons. The van der Waals surface area contributed by atoms with E-state index in [0.29, 0.717) is 11.6 Å². The third kappa shape index (κ3) is 4.41. The molecule has 20 heavy (non-hydrogen) atoms. The van der Waals surface area contributed by atoms with Gasteiger partial charge in [-0.3, -0.25) is 14.6 Å². The lowest BCUT2D eigenvalue weighted by Gasteiger charge is -2.18. The van der Waals surface area contributed by atoms with Crippen molar-refractivity contribution in [2.24, 2.45) is 11.0 Å². The quantitative estimate of drug-likeness (QED) is 0.585. The molecule has 0 radical (unpaired) electrons. The monoisotopic (exact) mass is 294 g/mol. The van der Waals surface area contributed by atoms with E-state index < -0.39 is 0 Å². The standard InChI is InChI=1S/C13H18N4O2S/c1-8-3-2-4-9(5-8)16-17-12(19)7-10-6-11(18)15-13(20)14-10/h6,8H,2-5,7H2,1H3,(H,17,19)(H2,14,15,18,20)/b16-9-/t8-/m0/s1. The lowest BCUT2D eigenvalue weighted by atomic mass is 9.89. The third-order valence-electron chi connectivity index (χ3n) is 3.25. The van der Waals surface area contributed by atoms with Crippen molar-refractivity contribution < 1.29 is 4.79 Å². The molecule has 0 aromatic carbocycles. The highest BCUT2D eigenvalue weighted by molar-refractivity contribution is 7.71. The van der Waals surface area contributed by atoms with Gasteiger partial charge in [0.1, 0.15) is 0 Å². The molecule has 1 atom stereocenters. The van der Waals surface area contributed by atoms with Gasteiger partial charge in [-0.05, 0) is 43.8 Å². The first-order valence-corrected chi connectivity index (χ1v) is 7.10. The summed E-state index contributed by atoms with van der Waals surface area (Å²) < 4.78 is 0.215. The van der Waals surface area contributed by atoms with Crippen LogP contribution in [0.5, 0.6) is 0 Å². The average Bonchev–Trinajstić information content (AvgIpc) is 2.35. The zero-order valence-electron chi connectivity index (χ0n) is 11.4. The lowest BCUT2D eigenvalue weighted by Crippen LogP contribution is -2.24. The molecule has 1 saturated carbocycles. The predicted octanol–water partition coefficient (Wildman–Crippen LogP) is 1.66. The lowest BCUT2D eigenvalue weighted by molar-refractivity contribution is -0.120. The van der Waals surface area contributed by atoms with Crippen molar-refractivity contribution >= 4 is 23.8 Å². The van der Waals surface area contributed by atoms with Gasteiger partial charge in [0, 0.05) is 17.5 Å². The van der Waals surface area contributed by atoms with Crippen LogP contribution in [0.1, 0.15) is 38.3 Å². The summed E-state index contributed by atoms with van der Waals surface area (Å²) in [6.07, 6.45) is 4.28. The Bertz CT molecular complexity index is 603. The molecule has 7 heteroatoms. The van der Waals surface area contributed by atoms with E-state index in [4.69, 9.17) is 12.2 Å². The van der Waals surface area contributed by atoms with Crippen LogP contribution in [-0.2, 0) is 11.2 Å². The zero-order chi connectivity index (χ0) is 14.5. The predicted molar refractivity (Wildman–Crippen MR) is 79.2 cm³/mol. The SMILES string of the molecule is C[C@H]1CCC/C(=N/NC(=O)Cc2cc(=O)[nH]c(=S)[nH]2)C1. The Hall–Kier alpha value is -1.76. The molecule has 3 N–H and O–H groups in total. The summed E-state index contributed by atoms with van der Waals surface area (Å²) in [5, 5.41) is 4.17. The van der Waals surface area contributed by atoms with Crippen LogP contribution < -0.4 is 11.0 Å². The maximum Gasteiger partial charge on any atom is 0.251 e. The Kier molecular flexibility index (Phi) is 4.84. The second kappa shape index (κ2) is 6.60. The van der Waals surface area contributed by atoms with E-state index in [0.717, 1.165) is 25.0 Å². The van der Waals surface area contributed by atoms with Crippen LogP contribution in [0.15, 0.2) is 16.0 Å². The van der Waals surface area contributed by atoms with E-state index in [1.165, 1.54) is 12.5 Å². The van der Waals surface area contributed by atoms with Gasteiger partial charge >= 0.3 is 0 Å². The van der Waals surface area contributed by atoms with Crippen molar-refractivity contribution in [2.75, 3.05) is 0 Å². The number of hydrogen-bond acceptors (Lipinski definition) is 4. The molecular formula is C13H18N4O2S. The maximum absolute atomic E-state index is 11.8. The van der Waals surface area contributed by atoms with Crippen molar-refractivity contribution in [3.05, 3.63) is 26.9 Å². The number of carbonyl (C=O) groups is 1. The van der Waals surface area contributed by atoms with Crippen LogP contribution in [-0.4, -0.2) is 21.6 Å². The molecule has 0 saturated heterocycles. The summed E-state index contributed by atoms with van der Waals surface area (Å²) in [7, 11) is 0. The number of amides is 1. The number of aromatic amines is 2. The molecule has 0 spiro atoms. The molecule has 0 bridgehead atoms. The van der Waals surface area contributed by atoms with E-state index in [2.05, 4.69) is 27.4 Å². The van der Waals surface area contributed by atoms with Crippen molar-refractivity contribution in [3.63, 3.8) is 0 Å². The first-order valence-electron chi connectivity index (χ1n) is 6.69. The maximum atomic E-state index is 11.8. The van der Waals surface area contributed by atoms with Crippen LogP contribution >= 0.6 is 12.2 Å².